The van der Waals surface area contributed by atoms with Crippen LogP contribution in [0.3, 0.4) is 0 Å². The van der Waals surface area contributed by atoms with Crippen molar-refractivity contribution in [3.63, 3.8) is 0 Å². The lowest BCUT2D eigenvalue weighted by atomic mass is 10.1. The van der Waals surface area contributed by atoms with Crippen molar-refractivity contribution in [1.82, 2.24) is 21.3 Å². The summed E-state index contributed by atoms with van der Waals surface area (Å²) in [6.07, 6.45) is 2.68. The van der Waals surface area contributed by atoms with E-state index in [0.29, 0.717) is 18.7 Å². The minimum atomic E-state index is -1.46. The van der Waals surface area contributed by atoms with Crippen LogP contribution in [0.25, 0.3) is 0 Å². The van der Waals surface area contributed by atoms with Crippen LogP contribution in [0.2, 0.25) is 0 Å². The summed E-state index contributed by atoms with van der Waals surface area (Å²) in [5, 5.41) is 37.6. The smallest absolute Gasteiger partial charge is 0.326 e. The topological polar surface area (TPSA) is 194 Å². The highest BCUT2D eigenvalue weighted by atomic mass is 32.2. The third-order valence-corrected chi connectivity index (χ3v) is 5.34. The molecule has 0 spiro atoms. The zero-order valence-electron chi connectivity index (χ0n) is 17.3. The van der Waals surface area contributed by atoms with Crippen molar-refractivity contribution in [3.8, 4) is 0 Å². The molecule has 4 unspecified atom stereocenters. The standard InChI is InChI=1S/C18H30N4O8S/c1-31-8-6-12(18(29)30)21-17(28)13(9-23)22-16(27)11(4-5-14(24)25)20-15(26)10-3-2-7-19-10/h10-13,19,23H,2-9H2,1H3,(H,20,26)(H,21,28)(H,22,27)(H,24,25)(H,29,30). The first-order valence-corrected chi connectivity index (χ1v) is 11.3. The predicted molar refractivity (Wildman–Crippen MR) is 111 cm³/mol. The van der Waals surface area contributed by atoms with Gasteiger partial charge in [-0.05, 0) is 44.2 Å². The van der Waals surface area contributed by atoms with Gasteiger partial charge in [-0.2, -0.15) is 11.8 Å². The van der Waals surface area contributed by atoms with Crippen LogP contribution in [0.5, 0.6) is 0 Å². The van der Waals surface area contributed by atoms with Crippen molar-refractivity contribution in [1.29, 1.82) is 0 Å². The van der Waals surface area contributed by atoms with Crippen molar-refractivity contribution in [2.24, 2.45) is 0 Å². The van der Waals surface area contributed by atoms with E-state index in [0.717, 1.165) is 6.42 Å². The lowest BCUT2D eigenvalue weighted by Crippen LogP contribution is -2.58. The minimum absolute atomic E-state index is 0.153. The molecular weight excluding hydrogens is 432 g/mol. The molecule has 0 aromatic carbocycles. The van der Waals surface area contributed by atoms with Gasteiger partial charge in [-0.1, -0.05) is 0 Å². The molecule has 1 aliphatic rings. The van der Waals surface area contributed by atoms with E-state index in [2.05, 4.69) is 21.3 Å². The second kappa shape index (κ2) is 13.8. The summed E-state index contributed by atoms with van der Waals surface area (Å²) in [6.45, 7) is -0.158. The minimum Gasteiger partial charge on any atom is -0.481 e. The van der Waals surface area contributed by atoms with Crippen molar-refractivity contribution in [2.75, 3.05) is 25.2 Å². The van der Waals surface area contributed by atoms with Gasteiger partial charge in [0.05, 0.1) is 12.6 Å². The molecule has 13 heteroatoms. The molecule has 1 fully saturated rings. The number of rotatable bonds is 14. The van der Waals surface area contributed by atoms with Crippen molar-refractivity contribution in [3.05, 3.63) is 0 Å². The highest BCUT2D eigenvalue weighted by Gasteiger charge is 2.31. The van der Waals surface area contributed by atoms with Gasteiger partial charge in [-0.25, -0.2) is 4.79 Å². The summed E-state index contributed by atoms with van der Waals surface area (Å²) < 4.78 is 0. The molecule has 7 N–H and O–H groups in total. The molecule has 31 heavy (non-hydrogen) atoms. The molecule has 1 aliphatic heterocycles. The second-order valence-corrected chi connectivity index (χ2v) is 8.05. The molecule has 0 aromatic rings. The summed E-state index contributed by atoms with van der Waals surface area (Å²) in [7, 11) is 0. The Bertz CT molecular complexity index is 656. The predicted octanol–water partition coefficient (Wildman–Crippen LogP) is -2.11. The molecule has 0 bridgehead atoms. The molecule has 0 radical (unpaired) electrons. The number of hydrogen-bond acceptors (Lipinski definition) is 8. The molecule has 1 saturated heterocycles. The molecule has 4 atom stereocenters. The maximum absolute atomic E-state index is 12.6. The van der Waals surface area contributed by atoms with Crippen LogP contribution in [0.15, 0.2) is 0 Å². The van der Waals surface area contributed by atoms with Crippen molar-refractivity contribution >= 4 is 41.4 Å². The third kappa shape index (κ3) is 9.53. The lowest BCUT2D eigenvalue weighted by Gasteiger charge is -2.24. The van der Waals surface area contributed by atoms with E-state index in [9.17, 15) is 34.2 Å². The van der Waals surface area contributed by atoms with Crippen molar-refractivity contribution in [2.45, 2.75) is 56.3 Å². The van der Waals surface area contributed by atoms with E-state index in [1.54, 1.807) is 6.26 Å². The van der Waals surface area contributed by atoms with E-state index in [1.165, 1.54) is 11.8 Å². The number of thioether (sulfide) groups is 1. The van der Waals surface area contributed by atoms with Gasteiger partial charge in [0.2, 0.25) is 17.7 Å². The van der Waals surface area contributed by atoms with Gasteiger partial charge in [-0.3, -0.25) is 19.2 Å². The first-order valence-electron chi connectivity index (χ1n) is 9.88. The van der Waals surface area contributed by atoms with E-state index in [4.69, 9.17) is 5.11 Å². The van der Waals surface area contributed by atoms with Gasteiger partial charge >= 0.3 is 11.9 Å². The third-order valence-electron chi connectivity index (χ3n) is 4.70. The number of amides is 3. The monoisotopic (exact) mass is 462 g/mol. The maximum atomic E-state index is 12.6. The number of nitrogens with one attached hydrogen (secondary N) is 4. The molecule has 3 amide bonds. The molecule has 1 heterocycles. The molecule has 0 aliphatic carbocycles. The first-order chi connectivity index (χ1) is 14.7. The number of carbonyl (C=O) groups is 5. The molecule has 1 rings (SSSR count). The summed E-state index contributed by atoms with van der Waals surface area (Å²) in [6, 6.07) is -4.39. The first kappa shape index (κ1) is 26.7. The number of carboxylic acids is 2. The fraction of sp³-hybridized carbons (Fsp3) is 0.722. The summed E-state index contributed by atoms with van der Waals surface area (Å²) >= 11 is 1.40. The Morgan fingerprint density at radius 2 is 1.65 bits per heavy atom. The summed E-state index contributed by atoms with van der Waals surface area (Å²) in [4.78, 5) is 59.5. The molecule has 0 saturated carbocycles. The van der Waals surface area contributed by atoms with Gasteiger partial charge in [0.1, 0.15) is 18.1 Å². The quantitative estimate of drug-likeness (QED) is 0.150. The van der Waals surface area contributed by atoms with Crippen LogP contribution in [0.4, 0.5) is 0 Å². The summed E-state index contributed by atoms with van der Waals surface area (Å²) in [5.41, 5.74) is 0. The van der Waals surface area contributed by atoms with E-state index < -0.39 is 66.9 Å². The van der Waals surface area contributed by atoms with Crippen LogP contribution >= 0.6 is 11.8 Å². The molecular formula is C18H30N4O8S. The van der Waals surface area contributed by atoms with Crippen LogP contribution in [0.1, 0.15) is 32.1 Å². The zero-order chi connectivity index (χ0) is 23.4. The van der Waals surface area contributed by atoms with Gasteiger partial charge in [0.25, 0.3) is 0 Å². The van der Waals surface area contributed by atoms with Gasteiger partial charge in [-0.15, -0.1) is 0 Å². The number of carboxylic acid groups (broad SMARTS) is 2. The highest BCUT2D eigenvalue weighted by molar-refractivity contribution is 7.98. The Labute approximate surface area is 183 Å². The lowest BCUT2D eigenvalue weighted by molar-refractivity contribution is -0.142. The normalized spacial score (nSPS) is 18.5. The Hall–Kier alpha value is -2.38. The van der Waals surface area contributed by atoms with E-state index >= 15 is 0 Å². The van der Waals surface area contributed by atoms with Gasteiger partial charge in [0.15, 0.2) is 0 Å². The number of hydrogen-bond donors (Lipinski definition) is 7. The molecule has 176 valence electrons. The maximum Gasteiger partial charge on any atom is 0.326 e. The van der Waals surface area contributed by atoms with Crippen molar-refractivity contribution < 1.29 is 39.3 Å². The largest absolute Gasteiger partial charge is 0.481 e. The Balaban J connectivity index is 2.78. The molecule has 0 aromatic heterocycles. The number of aliphatic carboxylic acids is 2. The van der Waals surface area contributed by atoms with Gasteiger partial charge < -0.3 is 36.6 Å². The second-order valence-electron chi connectivity index (χ2n) is 7.07. The number of carbonyl (C=O) groups excluding carboxylic acids is 3. The zero-order valence-corrected chi connectivity index (χ0v) is 18.1. The molecule has 12 nitrogen and oxygen atoms in total. The van der Waals surface area contributed by atoms with Crippen LogP contribution in [-0.2, 0) is 24.0 Å². The van der Waals surface area contributed by atoms with E-state index in [-0.39, 0.29) is 12.8 Å². The average Bonchev–Trinajstić information content (AvgIpc) is 3.26. The van der Waals surface area contributed by atoms with Crippen LogP contribution in [0, 0.1) is 0 Å². The Morgan fingerprint density at radius 3 is 2.16 bits per heavy atom. The fourth-order valence-corrected chi connectivity index (χ4v) is 3.42. The number of aliphatic hydroxyl groups excluding tert-OH is 1. The van der Waals surface area contributed by atoms with E-state index in [1.807, 2.05) is 0 Å². The Morgan fingerprint density at radius 1 is 1.00 bits per heavy atom. The fourth-order valence-electron chi connectivity index (χ4n) is 2.95. The highest BCUT2D eigenvalue weighted by Crippen LogP contribution is 2.07. The number of aliphatic hydroxyl groups is 1. The van der Waals surface area contributed by atoms with Crippen LogP contribution < -0.4 is 21.3 Å². The summed E-state index contributed by atoms with van der Waals surface area (Å²) in [5.74, 6) is -4.15. The SMILES string of the molecule is CSCCC(NC(=O)C(CO)NC(=O)C(CCC(=O)O)NC(=O)C1CCCN1)C(=O)O. The van der Waals surface area contributed by atoms with Crippen LogP contribution in [-0.4, -0.2) is 94.3 Å². The average molecular weight is 463 g/mol. The Kier molecular flexibility index (Phi) is 11.9. The van der Waals surface area contributed by atoms with Gasteiger partial charge in [0, 0.05) is 6.42 Å².